The van der Waals surface area contributed by atoms with Crippen LogP contribution < -0.4 is 10.1 Å². The molecule has 20 heavy (non-hydrogen) atoms. The molecule has 1 unspecified atom stereocenters. The molecule has 112 valence electrons. The molecule has 2 nitrogen and oxygen atoms in total. The molecule has 1 aliphatic heterocycles. The number of nitrogens with one attached hydrogen (secondary N) is 1. The standard InChI is InChI=1S/C17H26BrNO/c1-13(2)17(9-5-4-6-10-19-17)12-14-11-15(18)7-8-16(14)20-3/h7-8,11,13,19H,4-6,9-10,12H2,1-3H3. The van der Waals surface area contributed by atoms with E-state index in [0.717, 1.165) is 23.2 Å². The van der Waals surface area contributed by atoms with Gasteiger partial charge in [0.1, 0.15) is 5.75 Å². The van der Waals surface area contributed by atoms with E-state index >= 15 is 0 Å². The Hall–Kier alpha value is -0.540. The zero-order chi connectivity index (χ0) is 14.6. The average molecular weight is 340 g/mol. The molecule has 0 amide bonds. The first kappa shape index (κ1) is 15.8. The lowest BCUT2D eigenvalue weighted by atomic mass is 9.77. The van der Waals surface area contributed by atoms with Gasteiger partial charge in [0.05, 0.1) is 7.11 Å². The van der Waals surface area contributed by atoms with Crippen molar-refractivity contribution < 1.29 is 4.74 Å². The highest BCUT2D eigenvalue weighted by atomic mass is 79.9. The second kappa shape index (κ2) is 6.95. The number of methoxy groups -OCH3 is 1. The van der Waals surface area contributed by atoms with Crippen LogP contribution in [0.2, 0.25) is 0 Å². The van der Waals surface area contributed by atoms with Gasteiger partial charge in [-0.15, -0.1) is 0 Å². The molecule has 1 saturated heterocycles. The highest BCUT2D eigenvalue weighted by molar-refractivity contribution is 9.10. The van der Waals surface area contributed by atoms with Gasteiger partial charge in [0.2, 0.25) is 0 Å². The normalized spacial score (nSPS) is 23.6. The zero-order valence-electron chi connectivity index (χ0n) is 12.8. The number of rotatable bonds is 4. The minimum Gasteiger partial charge on any atom is -0.496 e. The van der Waals surface area contributed by atoms with Gasteiger partial charge in [0.15, 0.2) is 0 Å². The molecule has 1 heterocycles. The quantitative estimate of drug-likeness (QED) is 0.868. The van der Waals surface area contributed by atoms with Crippen molar-refractivity contribution in [1.29, 1.82) is 0 Å². The van der Waals surface area contributed by atoms with Gasteiger partial charge in [-0.25, -0.2) is 0 Å². The Balaban J connectivity index is 2.30. The fraction of sp³-hybridized carbons (Fsp3) is 0.647. The first-order valence-electron chi connectivity index (χ1n) is 7.65. The number of benzene rings is 1. The van der Waals surface area contributed by atoms with Crippen LogP contribution in [-0.2, 0) is 6.42 Å². The Labute approximate surface area is 131 Å². The van der Waals surface area contributed by atoms with Crippen molar-refractivity contribution in [2.75, 3.05) is 13.7 Å². The zero-order valence-corrected chi connectivity index (χ0v) is 14.4. The highest BCUT2D eigenvalue weighted by Crippen LogP contribution is 2.34. The van der Waals surface area contributed by atoms with Gasteiger partial charge in [-0.05, 0) is 55.5 Å². The Morgan fingerprint density at radius 3 is 2.80 bits per heavy atom. The summed E-state index contributed by atoms with van der Waals surface area (Å²) < 4.78 is 6.68. The van der Waals surface area contributed by atoms with Gasteiger partial charge in [0.25, 0.3) is 0 Å². The van der Waals surface area contributed by atoms with Crippen molar-refractivity contribution in [2.24, 2.45) is 5.92 Å². The van der Waals surface area contributed by atoms with Crippen LogP contribution in [0, 0.1) is 5.92 Å². The topological polar surface area (TPSA) is 21.3 Å². The molecule has 1 fully saturated rings. The van der Waals surface area contributed by atoms with E-state index in [4.69, 9.17) is 4.74 Å². The molecule has 1 aromatic carbocycles. The lowest BCUT2D eigenvalue weighted by Gasteiger charge is -2.38. The maximum Gasteiger partial charge on any atom is 0.122 e. The molecule has 0 saturated carbocycles. The Morgan fingerprint density at radius 2 is 2.10 bits per heavy atom. The highest BCUT2D eigenvalue weighted by Gasteiger charge is 2.34. The number of halogens is 1. The van der Waals surface area contributed by atoms with Crippen LogP contribution in [-0.4, -0.2) is 19.2 Å². The predicted octanol–water partition coefficient (Wildman–Crippen LogP) is 4.56. The molecule has 3 heteroatoms. The lowest BCUT2D eigenvalue weighted by Crippen LogP contribution is -2.51. The number of hydrogen-bond donors (Lipinski definition) is 1. The van der Waals surface area contributed by atoms with E-state index in [1.165, 1.54) is 31.2 Å². The molecule has 0 aromatic heterocycles. The van der Waals surface area contributed by atoms with Gasteiger partial charge in [0, 0.05) is 10.0 Å². The summed E-state index contributed by atoms with van der Waals surface area (Å²) in [5.74, 6) is 1.61. The van der Waals surface area contributed by atoms with E-state index in [1.807, 2.05) is 6.07 Å². The SMILES string of the molecule is COc1ccc(Br)cc1CC1(C(C)C)CCCCCN1. The Kier molecular flexibility index (Phi) is 5.50. The second-order valence-electron chi connectivity index (χ2n) is 6.18. The molecule has 1 atom stereocenters. The minimum atomic E-state index is 0.199. The third kappa shape index (κ3) is 3.56. The predicted molar refractivity (Wildman–Crippen MR) is 88.4 cm³/mol. The van der Waals surface area contributed by atoms with Crippen LogP contribution in [0.1, 0.15) is 45.1 Å². The summed E-state index contributed by atoms with van der Waals surface area (Å²) in [7, 11) is 1.76. The van der Waals surface area contributed by atoms with E-state index < -0.39 is 0 Å². The average Bonchev–Trinajstić information content (AvgIpc) is 2.66. The largest absolute Gasteiger partial charge is 0.496 e. The third-order valence-corrected chi connectivity index (χ3v) is 5.12. The smallest absolute Gasteiger partial charge is 0.122 e. The molecule has 1 aliphatic rings. The van der Waals surface area contributed by atoms with Gasteiger partial charge in [-0.1, -0.05) is 42.6 Å². The molecule has 1 N–H and O–H groups in total. The molecule has 0 aliphatic carbocycles. The van der Waals surface area contributed by atoms with Crippen molar-refractivity contribution in [3.8, 4) is 5.75 Å². The van der Waals surface area contributed by atoms with E-state index in [2.05, 4.69) is 47.2 Å². The summed E-state index contributed by atoms with van der Waals surface area (Å²) in [6.07, 6.45) is 6.25. The molecule has 2 rings (SSSR count). The summed E-state index contributed by atoms with van der Waals surface area (Å²) in [6.45, 7) is 5.81. The van der Waals surface area contributed by atoms with Gasteiger partial charge >= 0.3 is 0 Å². The molecular formula is C17H26BrNO. The molecule has 0 radical (unpaired) electrons. The van der Waals surface area contributed by atoms with E-state index in [-0.39, 0.29) is 5.54 Å². The lowest BCUT2D eigenvalue weighted by molar-refractivity contribution is 0.223. The summed E-state index contributed by atoms with van der Waals surface area (Å²) >= 11 is 3.58. The van der Waals surface area contributed by atoms with Crippen molar-refractivity contribution in [3.05, 3.63) is 28.2 Å². The summed E-state index contributed by atoms with van der Waals surface area (Å²) in [5.41, 5.74) is 1.50. The van der Waals surface area contributed by atoms with Crippen molar-refractivity contribution in [2.45, 2.75) is 51.5 Å². The number of hydrogen-bond acceptors (Lipinski definition) is 2. The van der Waals surface area contributed by atoms with Crippen LogP contribution in [0.5, 0.6) is 5.75 Å². The van der Waals surface area contributed by atoms with Crippen LogP contribution >= 0.6 is 15.9 Å². The summed E-state index contributed by atoms with van der Waals surface area (Å²) in [6, 6.07) is 6.31. The van der Waals surface area contributed by atoms with Crippen molar-refractivity contribution in [1.82, 2.24) is 5.32 Å². The van der Waals surface area contributed by atoms with Crippen molar-refractivity contribution >= 4 is 15.9 Å². The van der Waals surface area contributed by atoms with Gasteiger partial charge in [-0.2, -0.15) is 0 Å². The molecule has 1 aromatic rings. The molecule has 0 bridgehead atoms. The van der Waals surface area contributed by atoms with Crippen LogP contribution in [0.15, 0.2) is 22.7 Å². The number of ether oxygens (including phenoxy) is 1. The summed E-state index contributed by atoms with van der Waals surface area (Å²) in [4.78, 5) is 0. The first-order valence-corrected chi connectivity index (χ1v) is 8.44. The molecule has 0 spiro atoms. The Bertz CT molecular complexity index is 437. The third-order valence-electron chi connectivity index (χ3n) is 4.63. The van der Waals surface area contributed by atoms with Crippen LogP contribution in [0.3, 0.4) is 0 Å². The van der Waals surface area contributed by atoms with Gasteiger partial charge < -0.3 is 10.1 Å². The summed E-state index contributed by atoms with van der Waals surface area (Å²) in [5, 5.41) is 3.84. The van der Waals surface area contributed by atoms with Crippen LogP contribution in [0.4, 0.5) is 0 Å². The minimum absolute atomic E-state index is 0.199. The van der Waals surface area contributed by atoms with E-state index in [1.54, 1.807) is 7.11 Å². The monoisotopic (exact) mass is 339 g/mol. The fourth-order valence-electron chi connectivity index (χ4n) is 3.24. The van der Waals surface area contributed by atoms with Gasteiger partial charge in [-0.3, -0.25) is 0 Å². The van der Waals surface area contributed by atoms with E-state index in [0.29, 0.717) is 5.92 Å². The Morgan fingerprint density at radius 1 is 1.30 bits per heavy atom. The maximum absolute atomic E-state index is 5.55. The van der Waals surface area contributed by atoms with E-state index in [9.17, 15) is 0 Å². The molecular weight excluding hydrogens is 314 g/mol. The second-order valence-corrected chi connectivity index (χ2v) is 7.10. The first-order chi connectivity index (χ1) is 9.57. The fourth-order valence-corrected chi connectivity index (χ4v) is 3.65. The maximum atomic E-state index is 5.55. The van der Waals surface area contributed by atoms with Crippen LogP contribution in [0.25, 0.3) is 0 Å². The van der Waals surface area contributed by atoms with Crippen molar-refractivity contribution in [3.63, 3.8) is 0 Å².